The summed E-state index contributed by atoms with van der Waals surface area (Å²) >= 11 is 3.28. The lowest BCUT2D eigenvalue weighted by molar-refractivity contribution is 0.0591. The standard InChI is InChI=1S/C18H12BrN3O3/c1-10(22-16(23)11-6-2-3-7-12(11)17(22)24)15-14(19)18(25)21-9-5-4-8-13(21)20-15/h2-10H,1H3. The van der Waals surface area contributed by atoms with E-state index in [0.29, 0.717) is 22.5 Å². The highest BCUT2D eigenvalue weighted by Gasteiger charge is 2.40. The number of nitrogens with zero attached hydrogens (tertiary/aromatic N) is 3. The second kappa shape index (κ2) is 5.63. The third-order valence-electron chi connectivity index (χ3n) is 4.31. The molecule has 2 aromatic heterocycles. The smallest absolute Gasteiger partial charge is 0.269 e. The molecule has 1 atom stereocenters. The van der Waals surface area contributed by atoms with Crippen LogP contribution in [0.5, 0.6) is 0 Å². The summed E-state index contributed by atoms with van der Waals surface area (Å²) in [5.74, 6) is -0.759. The summed E-state index contributed by atoms with van der Waals surface area (Å²) < 4.78 is 1.64. The van der Waals surface area contributed by atoms with Crippen LogP contribution in [0.2, 0.25) is 0 Å². The minimum absolute atomic E-state index is 0.236. The van der Waals surface area contributed by atoms with Crippen LogP contribution < -0.4 is 5.56 Å². The van der Waals surface area contributed by atoms with Gasteiger partial charge in [0.25, 0.3) is 17.4 Å². The van der Waals surface area contributed by atoms with Crippen LogP contribution in [0.1, 0.15) is 39.4 Å². The number of imide groups is 1. The number of carbonyl (C=O) groups is 2. The molecule has 1 unspecified atom stereocenters. The van der Waals surface area contributed by atoms with E-state index in [0.717, 1.165) is 4.90 Å². The SMILES string of the molecule is CC(c1nc2ccccn2c(=O)c1Br)N1C(=O)c2ccccc2C1=O. The van der Waals surface area contributed by atoms with Gasteiger partial charge in [0.15, 0.2) is 0 Å². The van der Waals surface area contributed by atoms with Gasteiger partial charge in [-0.1, -0.05) is 18.2 Å². The number of amides is 2. The Hall–Kier alpha value is -2.80. The van der Waals surface area contributed by atoms with E-state index in [1.165, 1.54) is 4.40 Å². The van der Waals surface area contributed by atoms with Gasteiger partial charge in [-0.25, -0.2) is 4.98 Å². The molecule has 0 fully saturated rings. The second-order valence-electron chi connectivity index (χ2n) is 5.75. The Bertz CT molecular complexity index is 1070. The molecule has 7 heteroatoms. The maximum Gasteiger partial charge on any atom is 0.272 e. The fraction of sp³-hybridized carbons (Fsp3) is 0.111. The molecule has 0 bridgehead atoms. The van der Waals surface area contributed by atoms with Gasteiger partial charge in [-0.15, -0.1) is 0 Å². The topological polar surface area (TPSA) is 71.8 Å². The van der Waals surface area contributed by atoms with Gasteiger partial charge >= 0.3 is 0 Å². The fourth-order valence-electron chi connectivity index (χ4n) is 3.04. The molecule has 0 N–H and O–H groups in total. The summed E-state index contributed by atoms with van der Waals surface area (Å²) in [6.45, 7) is 1.69. The number of rotatable bonds is 2. The molecule has 124 valence electrons. The molecule has 3 heterocycles. The summed E-state index contributed by atoms with van der Waals surface area (Å²) in [5, 5.41) is 0. The Balaban J connectivity index is 1.85. The zero-order valence-corrected chi connectivity index (χ0v) is 14.7. The van der Waals surface area contributed by atoms with Crippen molar-refractivity contribution in [1.82, 2.24) is 14.3 Å². The van der Waals surface area contributed by atoms with E-state index in [4.69, 9.17) is 0 Å². The van der Waals surface area contributed by atoms with Crippen molar-refractivity contribution in [1.29, 1.82) is 0 Å². The van der Waals surface area contributed by atoms with Gasteiger partial charge in [0.2, 0.25) is 0 Å². The van der Waals surface area contributed by atoms with Gasteiger partial charge < -0.3 is 0 Å². The zero-order valence-electron chi connectivity index (χ0n) is 13.1. The van der Waals surface area contributed by atoms with Crippen molar-refractivity contribution in [2.75, 3.05) is 0 Å². The maximum absolute atomic E-state index is 12.7. The first-order chi connectivity index (χ1) is 12.0. The molecule has 0 spiro atoms. The molecule has 4 rings (SSSR count). The van der Waals surface area contributed by atoms with Crippen molar-refractivity contribution in [3.63, 3.8) is 0 Å². The molecule has 0 aliphatic carbocycles. The second-order valence-corrected chi connectivity index (χ2v) is 6.54. The molecule has 0 radical (unpaired) electrons. The van der Waals surface area contributed by atoms with E-state index in [2.05, 4.69) is 20.9 Å². The third kappa shape index (κ3) is 2.23. The number of benzene rings is 1. The molecule has 25 heavy (non-hydrogen) atoms. The predicted molar refractivity (Wildman–Crippen MR) is 94.5 cm³/mol. The van der Waals surface area contributed by atoms with Gasteiger partial charge in [-0.05, 0) is 47.1 Å². The molecule has 3 aromatic rings. The highest BCUT2D eigenvalue weighted by molar-refractivity contribution is 9.10. The number of hydrogen-bond acceptors (Lipinski definition) is 4. The monoisotopic (exact) mass is 397 g/mol. The summed E-state index contributed by atoms with van der Waals surface area (Å²) in [6.07, 6.45) is 1.62. The lowest BCUT2D eigenvalue weighted by Crippen LogP contribution is -2.34. The molecule has 2 amide bonds. The van der Waals surface area contributed by atoms with Crippen LogP contribution in [0.15, 0.2) is 57.9 Å². The fourth-order valence-corrected chi connectivity index (χ4v) is 3.65. The van der Waals surface area contributed by atoms with Gasteiger partial charge in [-0.2, -0.15) is 0 Å². The lowest BCUT2D eigenvalue weighted by Gasteiger charge is -2.23. The van der Waals surface area contributed by atoms with Crippen molar-refractivity contribution in [2.24, 2.45) is 0 Å². The van der Waals surface area contributed by atoms with Gasteiger partial charge in [0.05, 0.1) is 22.9 Å². The summed E-state index contributed by atoms with van der Waals surface area (Å²) in [5.41, 5.74) is 1.25. The number of halogens is 1. The van der Waals surface area contributed by atoms with Crippen LogP contribution in [0.3, 0.4) is 0 Å². The van der Waals surface area contributed by atoms with Crippen molar-refractivity contribution < 1.29 is 9.59 Å². The highest BCUT2D eigenvalue weighted by Crippen LogP contribution is 2.32. The Labute approximate surface area is 150 Å². The molecule has 6 nitrogen and oxygen atoms in total. The first kappa shape index (κ1) is 15.7. The zero-order chi connectivity index (χ0) is 17.7. The Morgan fingerprint density at radius 3 is 2.20 bits per heavy atom. The highest BCUT2D eigenvalue weighted by atomic mass is 79.9. The number of hydrogen-bond donors (Lipinski definition) is 0. The molecular weight excluding hydrogens is 386 g/mol. The molecule has 1 aliphatic heterocycles. The van der Waals surface area contributed by atoms with Crippen molar-refractivity contribution >= 4 is 33.4 Å². The van der Waals surface area contributed by atoms with Crippen molar-refractivity contribution in [3.05, 3.63) is 80.3 Å². The van der Waals surface area contributed by atoms with Crippen LogP contribution >= 0.6 is 15.9 Å². The van der Waals surface area contributed by atoms with E-state index in [9.17, 15) is 14.4 Å². The Morgan fingerprint density at radius 1 is 0.960 bits per heavy atom. The van der Waals surface area contributed by atoms with Crippen LogP contribution in [0.25, 0.3) is 5.65 Å². The maximum atomic E-state index is 12.7. The van der Waals surface area contributed by atoms with E-state index in [1.807, 2.05) is 0 Å². The average molecular weight is 398 g/mol. The van der Waals surface area contributed by atoms with Gasteiger partial charge in [0.1, 0.15) is 10.1 Å². The summed E-state index contributed by atoms with van der Waals surface area (Å²) in [6, 6.07) is 11.2. The number of aromatic nitrogens is 2. The molecule has 1 aromatic carbocycles. The Morgan fingerprint density at radius 2 is 1.56 bits per heavy atom. The third-order valence-corrected chi connectivity index (χ3v) is 5.06. The van der Waals surface area contributed by atoms with Crippen LogP contribution in [-0.4, -0.2) is 26.1 Å². The van der Waals surface area contributed by atoms with Gasteiger partial charge in [-0.3, -0.25) is 23.7 Å². The van der Waals surface area contributed by atoms with Crippen molar-refractivity contribution in [2.45, 2.75) is 13.0 Å². The number of carbonyl (C=O) groups excluding carboxylic acids is 2. The summed E-state index contributed by atoms with van der Waals surface area (Å²) in [7, 11) is 0. The van der Waals surface area contributed by atoms with Crippen LogP contribution in [0, 0.1) is 0 Å². The molecule has 1 aliphatic rings. The summed E-state index contributed by atoms with van der Waals surface area (Å²) in [4.78, 5) is 43.5. The molecule has 0 saturated carbocycles. The quantitative estimate of drug-likeness (QED) is 0.623. The normalized spacial score (nSPS) is 14.9. The van der Waals surface area contributed by atoms with Crippen molar-refractivity contribution in [3.8, 4) is 0 Å². The van der Waals surface area contributed by atoms with E-state index < -0.39 is 6.04 Å². The largest absolute Gasteiger partial charge is 0.272 e. The number of fused-ring (bicyclic) bond motifs is 2. The predicted octanol–water partition coefficient (Wildman–Crippen LogP) is 2.81. The minimum Gasteiger partial charge on any atom is -0.269 e. The van der Waals surface area contributed by atoms with E-state index in [-0.39, 0.29) is 21.8 Å². The first-order valence-electron chi connectivity index (χ1n) is 7.64. The minimum atomic E-state index is -0.681. The Kier molecular flexibility index (Phi) is 3.54. The molecule has 0 saturated heterocycles. The first-order valence-corrected chi connectivity index (χ1v) is 8.43. The van der Waals surface area contributed by atoms with Crippen LogP contribution in [0.4, 0.5) is 0 Å². The van der Waals surface area contributed by atoms with E-state index in [1.54, 1.807) is 55.6 Å². The van der Waals surface area contributed by atoms with E-state index >= 15 is 0 Å². The number of pyridine rings is 1. The average Bonchev–Trinajstić information content (AvgIpc) is 2.89. The molecular formula is C18H12BrN3O3. The lowest BCUT2D eigenvalue weighted by atomic mass is 10.1. The van der Waals surface area contributed by atoms with Gasteiger partial charge in [0, 0.05) is 6.20 Å². The van der Waals surface area contributed by atoms with Crippen LogP contribution in [-0.2, 0) is 0 Å².